The molecule has 7 nitrogen and oxygen atoms in total. The fraction of sp³-hybridized carbons (Fsp3) is 0.182. The Hall–Kier alpha value is -3.44. The SMILES string of the molecule is Cc1ccc(S(=O)(=O)NCc2ccco2)cc1C(=O)OCC(=O)c1cccc(C(F)(F)F)c1. The molecule has 0 fully saturated rings. The molecule has 0 aliphatic heterocycles. The molecule has 11 heteroatoms. The fourth-order valence-corrected chi connectivity index (χ4v) is 3.83. The number of carbonyl (C=O) groups is 2. The Morgan fingerprint density at radius 2 is 1.82 bits per heavy atom. The van der Waals surface area contributed by atoms with Crippen molar-refractivity contribution in [3.8, 4) is 0 Å². The van der Waals surface area contributed by atoms with Crippen molar-refractivity contribution in [3.63, 3.8) is 0 Å². The highest BCUT2D eigenvalue weighted by molar-refractivity contribution is 7.89. The van der Waals surface area contributed by atoms with Gasteiger partial charge >= 0.3 is 12.1 Å². The molecule has 3 rings (SSSR count). The Labute approximate surface area is 187 Å². The van der Waals surface area contributed by atoms with Gasteiger partial charge in [0.25, 0.3) is 0 Å². The molecule has 0 bridgehead atoms. The third-order valence-corrected chi connectivity index (χ3v) is 6.00. The molecular weight excluding hydrogens is 463 g/mol. The molecule has 1 aromatic heterocycles. The van der Waals surface area contributed by atoms with Gasteiger partial charge in [0, 0.05) is 5.56 Å². The van der Waals surface area contributed by atoms with Crippen LogP contribution < -0.4 is 4.72 Å². The molecule has 2 aromatic carbocycles. The average molecular weight is 481 g/mol. The van der Waals surface area contributed by atoms with E-state index in [1.54, 1.807) is 12.1 Å². The van der Waals surface area contributed by atoms with Crippen molar-refractivity contribution in [2.24, 2.45) is 0 Å². The lowest BCUT2D eigenvalue weighted by atomic mass is 10.1. The molecule has 0 unspecified atom stereocenters. The third-order valence-electron chi connectivity index (χ3n) is 4.60. The van der Waals surface area contributed by atoms with Gasteiger partial charge in [0.1, 0.15) is 5.76 Å². The number of furan rings is 1. The maximum Gasteiger partial charge on any atom is 0.416 e. The van der Waals surface area contributed by atoms with Crippen molar-refractivity contribution >= 4 is 21.8 Å². The van der Waals surface area contributed by atoms with Crippen LogP contribution >= 0.6 is 0 Å². The number of alkyl halides is 3. The summed E-state index contributed by atoms with van der Waals surface area (Å²) in [6, 6.07) is 10.7. The fourth-order valence-electron chi connectivity index (χ4n) is 2.81. The van der Waals surface area contributed by atoms with Gasteiger partial charge in [0.05, 0.1) is 28.8 Å². The van der Waals surface area contributed by atoms with Crippen molar-refractivity contribution in [1.29, 1.82) is 0 Å². The number of halogens is 3. The Bertz CT molecular complexity index is 1270. The summed E-state index contributed by atoms with van der Waals surface area (Å²) in [6.07, 6.45) is -3.23. The molecule has 0 spiro atoms. The van der Waals surface area contributed by atoms with Crippen LogP contribution in [0.5, 0.6) is 0 Å². The van der Waals surface area contributed by atoms with Gasteiger partial charge in [-0.2, -0.15) is 13.2 Å². The van der Waals surface area contributed by atoms with Crippen LogP contribution in [0.4, 0.5) is 13.2 Å². The van der Waals surface area contributed by atoms with E-state index in [0.29, 0.717) is 17.4 Å². The minimum absolute atomic E-state index is 0.103. The van der Waals surface area contributed by atoms with Crippen molar-refractivity contribution < 1.29 is 40.3 Å². The molecule has 1 N–H and O–H groups in total. The highest BCUT2D eigenvalue weighted by Crippen LogP contribution is 2.29. The quantitative estimate of drug-likeness (QED) is 0.384. The second-order valence-electron chi connectivity index (χ2n) is 6.96. The lowest BCUT2D eigenvalue weighted by Crippen LogP contribution is -2.23. The maximum absolute atomic E-state index is 12.8. The first-order chi connectivity index (χ1) is 15.5. The van der Waals surface area contributed by atoms with E-state index in [4.69, 9.17) is 9.15 Å². The van der Waals surface area contributed by atoms with Crippen molar-refractivity contribution in [1.82, 2.24) is 4.72 Å². The van der Waals surface area contributed by atoms with E-state index in [2.05, 4.69) is 4.72 Å². The van der Waals surface area contributed by atoms with Gasteiger partial charge in [-0.3, -0.25) is 4.79 Å². The molecule has 33 heavy (non-hydrogen) atoms. The summed E-state index contributed by atoms with van der Waals surface area (Å²) in [5, 5.41) is 0. The minimum atomic E-state index is -4.62. The van der Waals surface area contributed by atoms with Crippen molar-refractivity contribution in [3.05, 3.63) is 88.9 Å². The zero-order chi connectivity index (χ0) is 24.2. The van der Waals surface area contributed by atoms with Crippen LogP contribution in [0.1, 0.15) is 37.6 Å². The van der Waals surface area contributed by atoms with Gasteiger partial charge in [0.15, 0.2) is 12.4 Å². The molecule has 174 valence electrons. The largest absolute Gasteiger partial charge is 0.468 e. The summed E-state index contributed by atoms with van der Waals surface area (Å²) < 4.78 is 75.9. The lowest BCUT2D eigenvalue weighted by molar-refractivity contribution is -0.137. The number of sulfonamides is 1. The smallest absolute Gasteiger partial charge is 0.416 e. The van der Waals surface area contributed by atoms with Gasteiger partial charge in [-0.15, -0.1) is 0 Å². The topological polar surface area (TPSA) is 103 Å². The number of ether oxygens (including phenoxy) is 1. The maximum atomic E-state index is 12.8. The lowest BCUT2D eigenvalue weighted by Gasteiger charge is -2.11. The van der Waals surface area contributed by atoms with E-state index >= 15 is 0 Å². The van der Waals surface area contributed by atoms with Gasteiger partial charge < -0.3 is 9.15 Å². The van der Waals surface area contributed by atoms with Crippen LogP contribution in [0.2, 0.25) is 0 Å². The van der Waals surface area contributed by atoms with Gasteiger partial charge in [-0.25, -0.2) is 17.9 Å². The normalized spacial score (nSPS) is 11.9. The summed E-state index contributed by atoms with van der Waals surface area (Å²) in [7, 11) is -3.99. The van der Waals surface area contributed by atoms with Crippen molar-refractivity contribution in [2.75, 3.05) is 6.61 Å². The molecule has 3 aromatic rings. The van der Waals surface area contributed by atoms with Crippen LogP contribution in [0, 0.1) is 6.92 Å². The molecule has 0 amide bonds. The van der Waals surface area contributed by atoms with E-state index in [9.17, 15) is 31.2 Å². The number of hydrogen-bond donors (Lipinski definition) is 1. The first-order valence-electron chi connectivity index (χ1n) is 9.47. The molecule has 0 saturated heterocycles. The Morgan fingerprint density at radius 1 is 1.06 bits per heavy atom. The number of benzene rings is 2. The van der Waals surface area contributed by atoms with E-state index < -0.39 is 40.1 Å². The summed E-state index contributed by atoms with van der Waals surface area (Å²) in [5.41, 5.74) is -0.993. The summed E-state index contributed by atoms with van der Waals surface area (Å²) in [5.74, 6) is -1.44. The monoisotopic (exact) mass is 481 g/mol. The zero-order valence-electron chi connectivity index (χ0n) is 17.2. The van der Waals surface area contributed by atoms with Crippen LogP contribution in [-0.4, -0.2) is 26.8 Å². The van der Waals surface area contributed by atoms with Gasteiger partial charge in [0.2, 0.25) is 10.0 Å². The number of carbonyl (C=O) groups excluding carboxylic acids is 2. The van der Waals surface area contributed by atoms with Crippen molar-refractivity contribution in [2.45, 2.75) is 24.5 Å². The first kappa shape index (κ1) is 24.2. The number of esters is 1. The van der Waals surface area contributed by atoms with E-state index in [1.807, 2.05) is 0 Å². The molecule has 0 atom stereocenters. The highest BCUT2D eigenvalue weighted by Gasteiger charge is 2.31. The summed E-state index contributed by atoms with van der Waals surface area (Å²) >= 11 is 0. The van der Waals surface area contributed by atoms with Crippen LogP contribution in [0.15, 0.2) is 70.2 Å². The predicted molar refractivity (Wildman–Crippen MR) is 110 cm³/mol. The van der Waals surface area contributed by atoms with Crippen LogP contribution in [0.25, 0.3) is 0 Å². The van der Waals surface area contributed by atoms with Gasteiger partial charge in [-0.1, -0.05) is 18.2 Å². The van der Waals surface area contributed by atoms with E-state index in [1.165, 1.54) is 31.4 Å². The van der Waals surface area contributed by atoms with Gasteiger partial charge in [-0.05, 0) is 48.9 Å². The van der Waals surface area contributed by atoms with E-state index in [-0.39, 0.29) is 22.6 Å². The zero-order valence-corrected chi connectivity index (χ0v) is 18.0. The Balaban J connectivity index is 1.70. The average Bonchev–Trinajstić information content (AvgIpc) is 3.29. The molecule has 1 heterocycles. The minimum Gasteiger partial charge on any atom is -0.468 e. The number of ketones is 1. The first-order valence-corrected chi connectivity index (χ1v) is 11.0. The van der Waals surface area contributed by atoms with Crippen LogP contribution in [0.3, 0.4) is 0 Å². The molecule has 0 saturated carbocycles. The standard InChI is InChI=1S/C22H18F3NO6S/c1-14-7-8-18(33(29,30)26-12-17-6-3-9-31-17)11-19(14)21(28)32-13-20(27)15-4-2-5-16(10-15)22(23,24)25/h2-11,26H,12-13H2,1H3. The highest BCUT2D eigenvalue weighted by atomic mass is 32.2. The van der Waals surface area contributed by atoms with E-state index in [0.717, 1.165) is 18.2 Å². The second kappa shape index (κ2) is 9.59. The summed E-state index contributed by atoms with van der Waals surface area (Å²) in [4.78, 5) is 24.5. The molecule has 0 aliphatic rings. The second-order valence-corrected chi connectivity index (χ2v) is 8.73. The molecule has 0 aliphatic carbocycles. The number of aryl methyl sites for hydroxylation is 1. The Kier molecular flexibility index (Phi) is 7.04. The predicted octanol–water partition coefficient (Wildman–Crippen LogP) is 4.13. The molecular formula is C22H18F3NO6S. The number of Topliss-reactive ketones (excluding diaryl/α,β-unsaturated/α-hetero) is 1. The number of rotatable bonds is 8. The number of hydrogen-bond acceptors (Lipinski definition) is 6. The third kappa shape index (κ3) is 6.08. The van der Waals surface area contributed by atoms with Crippen LogP contribution in [-0.2, 0) is 27.5 Å². The molecule has 0 radical (unpaired) electrons. The number of nitrogens with one attached hydrogen (secondary N) is 1. The Morgan fingerprint density at radius 3 is 2.48 bits per heavy atom. The summed E-state index contributed by atoms with van der Waals surface area (Å²) in [6.45, 7) is 0.625.